The van der Waals surface area contributed by atoms with E-state index in [-0.39, 0.29) is 23.6 Å². The lowest BCUT2D eigenvalue weighted by Crippen LogP contribution is -2.59. The number of carboxylic acids is 1. The van der Waals surface area contributed by atoms with E-state index < -0.39 is 54.5 Å². The molecule has 12 nitrogen and oxygen atoms in total. The predicted molar refractivity (Wildman–Crippen MR) is 132 cm³/mol. The van der Waals surface area contributed by atoms with Gasteiger partial charge in [0, 0.05) is 50.3 Å². The van der Waals surface area contributed by atoms with Gasteiger partial charge in [-0.3, -0.25) is 9.69 Å². The van der Waals surface area contributed by atoms with Crippen molar-refractivity contribution >= 4 is 22.6 Å². The molecule has 0 bridgehead atoms. The average molecular weight is 538 g/mol. The number of aromatic nitrogens is 1. The van der Waals surface area contributed by atoms with Crippen LogP contribution in [-0.2, 0) is 9.47 Å². The summed E-state index contributed by atoms with van der Waals surface area (Å²) in [4.78, 5) is 28.2. The van der Waals surface area contributed by atoms with Crippen LogP contribution >= 0.6 is 0 Å². The second kappa shape index (κ2) is 10.8. The average Bonchev–Trinajstić information content (AvgIpc) is 3.75. The highest BCUT2D eigenvalue weighted by Gasteiger charge is 2.44. The number of benzene rings is 1. The number of piperazine rings is 1. The summed E-state index contributed by atoms with van der Waals surface area (Å²) < 4.78 is 27.8. The molecule has 1 saturated carbocycles. The highest BCUT2D eigenvalue weighted by molar-refractivity contribution is 5.93. The van der Waals surface area contributed by atoms with Crippen LogP contribution in [0, 0.1) is 5.82 Å². The maximum Gasteiger partial charge on any atom is 0.341 e. The van der Waals surface area contributed by atoms with Crippen LogP contribution in [0.3, 0.4) is 0 Å². The Morgan fingerprint density at radius 1 is 1.08 bits per heavy atom. The number of hydrogen-bond donors (Lipinski definition) is 5. The monoisotopic (exact) mass is 537 g/mol. The SMILES string of the molecule is O=C(O)c1cn(C2CC2)c2cc(N3CCN(CCO[C@@H]4O[C@H](CO)[C@@H](O)[C@H](O)[C@H]4O)CC3)c(F)cc2c1=O. The topological polar surface area (TPSA) is 165 Å². The van der Waals surface area contributed by atoms with Crippen LogP contribution in [0.1, 0.15) is 29.2 Å². The number of pyridine rings is 1. The van der Waals surface area contributed by atoms with Crippen molar-refractivity contribution in [3.63, 3.8) is 0 Å². The summed E-state index contributed by atoms with van der Waals surface area (Å²) in [6, 6.07) is 2.86. The van der Waals surface area contributed by atoms with Gasteiger partial charge < -0.3 is 44.5 Å². The summed E-state index contributed by atoms with van der Waals surface area (Å²) in [5, 5.41) is 48.6. The Balaban J connectivity index is 1.22. The number of carboxylic acid groups (broad SMARTS) is 1. The summed E-state index contributed by atoms with van der Waals surface area (Å²) in [5.74, 6) is -1.92. The third-order valence-electron chi connectivity index (χ3n) is 7.52. The first kappa shape index (κ1) is 26.9. The number of aliphatic hydroxyl groups is 4. The largest absolute Gasteiger partial charge is 0.477 e. The normalized spacial score (nSPS) is 28.7. The van der Waals surface area contributed by atoms with E-state index in [9.17, 15) is 35.1 Å². The van der Waals surface area contributed by atoms with Crippen molar-refractivity contribution in [3.8, 4) is 0 Å². The molecule has 208 valence electrons. The molecular weight excluding hydrogens is 505 g/mol. The molecule has 0 amide bonds. The molecule has 5 atom stereocenters. The quantitative estimate of drug-likeness (QED) is 0.284. The number of ether oxygens (including phenoxy) is 2. The van der Waals surface area contributed by atoms with Gasteiger partial charge in [-0.15, -0.1) is 0 Å². The Kier molecular flexibility index (Phi) is 7.69. The molecule has 1 aliphatic carbocycles. The number of rotatable bonds is 8. The first-order valence-corrected chi connectivity index (χ1v) is 12.7. The van der Waals surface area contributed by atoms with Gasteiger partial charge in [-0.2, -0.15) is 0 Å². The molecule has 0 radical (unpaired) electrons. The second-order valence-electron chi connectivity index (χ2n) is 10.0. The summed E-state index contributed by atoms with van der Waals surface area (Å²) in [7, 11) is 0. The molecule has 0 unspecified atom stereocenters. The van der Waals surface area contributed by atoms with Gasteiger partial charge in [0.2, 0.25) is 5.43 Å². The number of carbonyl (C=O) groups is 1. The molecule has 1 aromatic heterocycles. The second-order valence-corrected chi connectivity index (χ2v) is 10.0. The van der Waals surface area contributed by atoms with Gasteiger partial charge in [0.25, 0.3) is 0 Å². The first-order valence-electron chi connectivity index (χ1n) is 12.7. The number of aromatic carboxylic acids is 1. The van der Waals surface area contributed by atoms with Gasteiger partial charge in [0.15, 0.2) is 6.29 Å². The van der Waals surface area contributed by atoms with Crippen molar-refractivity contribution in [3.05, 3.63) is 39.9 Å². The fourth-order valence-electron chi connectivity index (χ4n) is 5.12. The molecule has 38 heavy (non-hydrogen) atoms. The summed E-state index contributed by atoms with van der Waals surface area (Å²) in [5.41, 5.74) is -0.184. The minimum absolute atomic E-state index is 0.0574. The van der Waals surface area contributed by atoms with Gasteiger partial charge in [-0.25, -0.2) is 9.18 Å². The fourth-order valence-corrected chi connectivity index (χ4v) is 5.12. The zero-order chi connectivity index (χ0) is 27.1. The van der Waals surface area contributed by atoms with E-state index in [1.165, 1.54) is 6.20 Å². The third kappa shape index (κ3) is 5.15. The van der Waals surface area contributed by atoms with Crippen molar-refractivity contribution in [2.75, 3.05) is 50.8 Å². The summed E-state index contributed by atoms with van der Waals surface area (Å²) in [6.07, 6.45) is -3.54. The van der Waals surface area contributed by atoms with E-state index in [4.69, 9.17) is 9.47 Å². The molecule has 1 aromatic carbocycles. The van der Waals surface area contributed by atoms with Crippen LogP contribution in [0.2, 0.25) is 0 Å². The Bertz CT molecular complexity index is 1240. The summed E-state index contributed by atoms with van der Waals surface area (Å²) >= 11 is 0. The highest BCUT2D eigenvalue weighted by atomic mass is 19.1. The molecule has 3 aliphatic rings. The molecule has 3 heterocycles. The number of aliphatic hydroxyl groups excluding tert-OH is 4. The Morgan fingerprint density at radius 3 is 2.42 bits per heavy atom. The number of halogens is 1. The molecule has 5 N–H and O–H groups in total. The standard InChI is InChI=1S/C25H32FN3O9/c26-16-9-14-17(29(13-1-2-13)11-15(20(14)31)24(35)36)10-18(16)28-5-3-27(4-6-28)7-8-37-25-23(34)22(33)21(32)19(12-30)38-25/h9-11,13,19,21-23,25,30,32-34H,1-8,12H2,(H,35,36)/t19-,21-,22+,23-,25-/m1/s1. The van der Waals surface area contributed by atoms with Gasteiger partial charge in [0.05, 0.1) is 24.4 Å². The van der Waals surface area contributed by atoms with E-state index in [2.05, 4.69) is 4.90 Å². The number of fused-ring (bicyclic) bond motifs is 1. The lowest BCUT2D eigenvalue weighted by molar-refractivity contribution is -0.301. The van der Waals surface area contributed by atoms with Crippen molar-refractivity contribution in [2.45, 2.75) is 49.6 Å². The van der Waals surface area contributed by atoms with Crippen LogP contribution in [-0.4, -0.2) is 118 Å². The van der Waals surface area contributed by atoms with Crippen molar-refractivity contribution in [1.82, 2.24) is 9.47 Å². The van der Waals surface area contributed by atoms with Gasteiger partial charge >= 0.3 is 5.97 Å². The van der Waals surface area contributed by atoms with Crippen molar-refractivity contribution in [2.24, 2.45) is 0 Å². The Labute approximate surface area is 217 Å². The first-order chi connectivity index (χ1) is 18.2. The van der Waals surface area contributed by atoms with E-state index in [0.717, 1.165) is 18.9 Å². The molecule has 2 saturated heterocycles. The fraction of sp³-hybridized carbons (Fsp3) is 0.600. The van der Waals surface area contributed by atoms with Crippen LogP contribution in [0.15, 0.2) is 23.1 Å². The van der Waals surface area contributed by atoms with Crippen molar-refractivity contribution < 1.29 is 44.2 Å². The van der Waals surface area contributed by atoms with Crippen LogP contribution in [0.25, 0.3) is 10.9 Å². The third-order valence-corrected chi connectivity index (χ3v) is 7.52. The maximum absolute atomic E-state index is 15.2. The minimum Gasteiger partial charge on any atom is -0.477 e. The molecule has 13 heteroatoms. The van der Waals surface area contributed by atoms with Crippen molar-refractivity contribution in [1.29, 1.82) is 0 Å². The predicted octanol–water partition coefficient (Wildman–Crippen LogP) is -0.888. The molecule has 3 fully saturated rings. The molecule has 2 aliphatic heterocycles. The zero-order valence-corrected chi connectivity index (χ0v) is 20.6. The molecule has 5 rings (SSSR count). The smallest absolute Gasteiger partial charge is 0.341 e. The molecular formula is C25H32FN3O9. The van der Waals surface area contributed by atoms with E-state index >= 15 is 4.39 Å². The van der Waals surface area contributed by atoms with Crippen LogP contribution < -0.4 is 10.3 Å². The number of nitrogens with zero attached hydrogens (tertiary/aromatic N) is 3. The van der Waals surface area contributed by atoms with E-state index in [1.54, 1.807) is 10.6 Å². The summed E-state index contributed by atoms with van der Waals surface area (Å²) in [6.45, 7) is 2.28. The number of anilines is 1. The Hall–Kier alpha value is -2.65. The van der Waals surface area contributed by atoms with Crippen LogP contribution in [0.5, 0.6) is 0 Å². The highest BCUT2D eigenvalue weighted by Crippen LogP contribution is 2.38. The Morgan fingerprint density at radius 2 is 1.79 bits per heavy atom. The van der Waals surface area contributed by atoms with Gasteiger partial charge in [0.1, 0.15) is 35.8 Å². The lowest BCUT2D eigenvalue weighted by Gasteiger charge is -2.40. The van der Waals surface area contributed by atoms with Gasteiger partial charge in [-0.05, 0) is 25.0 Å². The van der Waals surface area contributed by atoms with Crippen LogP contribution in [0.4, 0.5) is 10.1 Å². The zero-order valence-electron chi connectivity index (χ0n) is 20.6. The number of hydrogen-bond acceptors (Lipinski definition) is 10. The molecule has 0 spiro atoms. The molecule has 2 aromatic rings. The van der Waals surface area contributed by atoms with Gasteiger partial charge in [-0.1, -0.05) is 0 Å². The minimum atomic E-state index is -1.50. The maximum atomic E-state index is 15.2. The lowest BCUT2D eigenvalue weighted by atomic mass is 9.99. The van der Waals surface area contributed by atoms with E-state index in [0.29, 0.717) is 43.9 Å². The van der Waals surface area contributed by atoms with E-state index in [1.807, 2.05) is 4.90 Å².